The van der Waals surface area contributed by atoms with Crippen LogP contribution in [0.3, 0.4) is 0 Å². The molecule has 0 atom stereocenters. The molecule has 0 radical (unpaired) electrons. The predicted octanol–water partition coefficient (Wildman–Crippen LogP) is 3.16. The summed E-state index contributed by atoms with van der Waals surface area (Å²) in [6.45, 7) is 1.00. The zero-order valence-electron chi connectivity index (χ0n) is 8.67. The van der Waals surface area contributed by atoms with Crippen molar-refractivity contribution < 1.29 is 9.13 Å². The standard InChI is InChI=1S/C12H11BrFNO/c13-9-2-3-11(14)10(6-9)12(4-1-5-15)7-16-8-12/h2-3,6H,1,4,7-8H2. The van der Waals surface area contributed by atoms with Gasteiger partial charge in [0.05, 0.1) is 19.3 Å². The van der Waals surface area contributed by atoms with E-state index in [1.54, 1.807) is 12.1 Å². The van der Waals surface area contributed by atoms with Gasteiger partial charge >= 0.3 is 0 Å². The second kappa shape index (κ2) is 4.52. The van der Waals surface area contributed by atoms with Crippen molar-refractivity contribution in [3.8, 4) is 6.07 Å². The van der Waals surface area contributed by atoms with Crippen molar-refractivity contribution in [3.63, 3.8) is 0 Å². The van der Waals surface area contributed by atoms with Crippen LogP contribution in [-0.4, -0.2) is 13.2 Å². The van der Waals surface area contributed by atoms with E-state index < -0.39 is 0 Å². The van der Waals surface area contributed by atoms with E-state index in [1.807, 2.05) is 0 Å². The minimum Gasteiger partial charge on any atom is -0.379 e. The molecule has 1 heterocycles. The zero-order valence-corrected chi connectivity index (χ0v) is 10.3. The highest BCUT2D eigenvalue weighted by atomic mass is 79.9. The normalized spacial score (nSPS) is 17.6. The highest BCUT2D eigenvalue weighted by molar-refractivity contribution is 9.10. The molecule has 16 heavy (non-hydrogen) atoms. The van der Waals surface area contributed by atoms with Gasteiger partial charge in [0.25, 0.3) is 0 Å². The van der Waals surface area contributed by atoms with Gasteiger partial charge < -0.3 is 4.74 Å². The second-order valence-corrected chi connectivity index (χ2v) is 4.97. The van der Waals surface area contributed by atoms with Crippen LogP contribution in [0, 0.1) is 17.1 Å². The molecule has 0 amide bonds. The average molecular weight is 284 g/mol. The molecule has 2 nitrogen and oxygen atoms in total. The number of rotatable bonds is 3. The maximum atomic E-state index is 13.8. The quantitative estimate of drug-likeness (QED) is 0.854. The molecule has 4 heteroatoms. The van der Waals surface area contributed by atoms with Crippen LogP contribution in [-0.2, 0) is 10.2 Å². The van der Waals surface area contributed by atoms with Gasteiger partial charge in [-0.25, -0.2) is 4.39 Å². The lowest BCUT2D eigenvalue weighted by Crippen LogP contribution is -2.47. The average Bonchev–Trinajstić information content (AvgIpc) is 2.21. The Hall–Kier alpha value is -0.920. The van der Waals surface area contributed by atoms with Crippen molar-refractivity contribution in [3.05, 3.63) is 34.1 Å². The van der Waals surface area contributed by atoms with E-state index in [1.165, 1.54) is 6.07 Å². The van der Waals surface area contributed by atoms with Gasteiger partial charge in [-0.1, -0.05) is 15.9 Å². The van der Waals surface area contributed by atoms with Gasteiger partial charge in [0.1, 0.15) is 5.82 Å². The lowest BCUT2D eigenvalue weighted by atomic mass is 9.75. The van der Waals surface area contributed by atoms with Crippen molar-refractivity contribution >= 4 is 15.9 Å². The minimum absolute atomic E-state index is 0.218. The van der Waals surface area contributed by atoms with Gasteiger partial charge in [-0.05, 0) is 30.2 Å². The Bertz CT molecular complexity index is 437. The van der Waals surface area contributed by atoms with Crippen LogP contribution in [0.4, 0.5) is 4.39 Å². The molecule has 0 N–H and O–H groups in total. The third kappa shape index (κ3) is 1.98. The molecule has 0 unspecified atom stereocenters. The number of halogens is 2. The van der Waals surface area contributed by atoms with E-state index >= 15 is 0 Å². The lowest BCUT2D eigenvalue weighted by Gasteiger charge is -2.41. The SMILES string of the molecule is N#CCCC1(c2cc(Br)ccc2F)COC1. The summed E-state index contributed by atoms with van der Waals surface area (Å²) in [6.07, 6.45) is 1.08. The van der Waals surface area contributed by atoms with Crippen molar-refractivity contribution in [1.82, 2.24) is 0 Å². The summed E-state index contributed by atoms with van der Waals surface area (Å²) >= 11 is 3.34. The Kier molecular flexibility index (Phi) is 3.27. The number of nitriles is 1. The fourth-order valence-electron chi connectivity index (χ4n) is 1.98. The summed E-state index contributed by atoms with van der Waals surface area (Å²) < 4.78 is 19.8. The Balaban J connectivity index is 2.33. The number of nitrogens with zero attached hydrogens (tertiary/aromatic N) is 1. The van der Waals surface area contributed by atoms with E-state index in [-0.39, 0.29) is 11.2 Å². The maximum absolute atomic E-state index is 13.8. The first-order chi connectivity index (χ1) is 7.68. The second-order valence-electron chi connectivity index (χ2n) is 4.06. The molecule has 0 saturated carbocycles. The van der Waals surface area contributed by atoms with Gasteiger partial charge in [0.15, 0.2) is 0 Å². The van der Waals surface area contributed by atoms with Crippen LogP contribution < -0.4 is 0 Å². The van der Waals surface area contributed by atoms with Gasteiger partial charge in [0, 0.05) is 16.3 Å². The van der Waals surface area contributed by atoms with Gasteiger partial charge in [-0.3, -0.25) is 0 Å². The Labute approximate surface area is 102 Å². The topological polar surface area (TPSA) is 33.0 Å². The largest absolute Gasteiger partial charge is 0.379 e. The molecule has 0 aliphatic carbocycles. The minimum atomic E-state index is -0.302. The van der Waals surface area contributed by atoms with Crippen LogP contribution in [0.5, 0.6) is 0 Å². The van der Waals surface area contributed by atoms with Crippen molar-refractivity contribution in [1.29, 1.82) is 5.26 Å². The molecular weight excluding hydrogens is 273 g/mol. The summed E-state index contributed by atoms with van der Waals surface area (Å²) in [4.78, 5) is 0. The van der Waals surface area contributed by atoms with Gasteiger partial charge in [0.2, 0.25) is 0 Å². The Morgan fingerprint density at radius 3 is 2.81 bits per heavy atom. The molecule has 1 aliphatic heterocycles. The fourth-order valence-corrected chi connectivity index (χ4v) is 2.34. The number of hydrogen-bond donors (Lipinski definition) is 0. The third-order valence-corrected chi connectivity index (χ3v) is 3.47. The van der Waals surface area contributed by atoms with E-state index in [0.717, 1.165) is 4.47 Å². The molecule has 1 saturated heterocycles. The van der Waals surface area contributed by atoms with Gasteiger partial charge in [-0.15, -0.1) is 0 Å². The van der Waals surface area contributed by atoms with E-state index in [4.69, 9.17) is 10.00 Å². The molecule has 0 bridgehead atoms. The molecule has 1 fully saturated rings. The van der Waals surface area contributed by atoms with Crippen LogP contribution in [0.15, 0.2) is 22.7 Å². The van der Waals surface area contributed by atoms with Gasteiger partial charge in [-0.2, -0.15) is 5.26 Å². The number of hydrogen-bond acceptors (Lipinski definition) is 2. The van der Waals surface area contributed by atoms with Crippen LogP contribution in [0.2, 0.25) is 0 Å². The lowest BCUT2D eigenvalue weighted by molar-refractivity contribution is -0.0653. The first-order valence-corrected chi connectivity index (χ1v) is 5.87. The first-order valence-electron chi connectivity index (χ1n) is 5.08. The Morgan fingerprint density at radius 1 is 1.50 bits per heavy atom. The summed E-state index contributed by atoms with van der Waals surface area (Å²) in [5, 5.41) is 8.63. The smallest absolute Gasteiger partial charge is 0.127 e. The first kappa shape index (κ1) is 11.6. The maximum Gasteiger partial charge on any atom is 0.127 e. The summed E-state index contributed by atoms with van der Waals surface area (Å²) in [6, 6.07) is 7.02. The van der Waals surface area contributed by atoms with Crippen molar-refractivity contribution in [2.45, 2.75) is 18.3 Å². The van der Waals surface area contributed by atoms with Crippen LogP contribution in [0.1, 0.15) is 18.4 Å². The van der Waals surface area contributed by atoms with E-state index in [9.17, 15) is 4.39 Å². The summed E-state index contributed by atoms with van der Waals surface area (Å²) in [5.41, 5.74) is 0.354. The number of benzene rings is 1. The predicted molar refractivity (Wildman–Crippen MR) is 61.4 cm³/mol. The van der Waals surface area contributed by atoms with E-state index in [2.05, 4.69) is 22.0 Å². The molecule has 84 valence electrons. The molecule has 1 aromatic carbocycles. The zero-order chi connectivity index (χ0) is 11.6. The molecule has 1 aromatic rings. The summed E-state index contributed by atoms with van der Waals surface area (Å²) in [5.74, 6) is -0.218. The molecule has 0 aromatic heterocycles. The monoisotopic (exact) mass is 283 g/mol. The highest BCUT2D eigenvalue weighted by Gasteiger charge is 2.41. The van der Waals surface area contributed by atoms with E-state index in [0.29, 0.717) is 31.6 Å². The molecule has 0 spiro atoms. The summed E-state index contributed by atoms with van der Waals surface area (Å²) in [7, 11) is 0. The highest BCUT2D eigenvalue weighted by Crippen LogP contribution is 2.39. The fraction of sp³-hybridized carbons (Fsp3) is 0.417. The third-order valence-electron chi connectivity index (χ3n) is 2.97. The van der Waals surface area contributed by atoms with Crippen molar-refractivity contribution in [2.24, 2.45) is 0 Å². The Morgan fingerprint density at radius 2 is 2.25 bits per heavy atom. The molecule has 1 aliphatic rings. The van der Waals surface area contributed by atoms with Crippen molar-refractivity contribution in [2.75, 3.05) is 13.2 Å². The molecule has 2 rings (SSSR count). The van der Waals surface area contributed by atoms with Crippen LogP contribution >= 0.6 is 15.9 Å². The number of ether oxygens (including phenoxy) is 1. The van der Waals surface area contributed by atoms with Crippen LogP contribution in [0.25, 0.3) is 0 Å². The molecular formula is C12H11BrFNO.